The van der Waals surface area contributed by atoms with E-state index >= 15 is 0 Å². The Morgan fingerprint density at radius 3 is 2.37 bits per heavy atom. The van der Waals surface area contributed by atoms with Crippen molar-refractivity contribution in [1.29, 1.82) is 0 Å². The van der Waals surface area contributed by atoms with Gasteiger partial charge >= 0.3 is 5.97 Å². The summed E-state index contributed by atoms with van der Waals surface area (Å²) in [4.78, 5) is 23.6. The molecule has 10 heteroatoms. The Morgan fingerprint density at radius 1 is 1.22 bits per heavy atom. The molecule has 2 atom stereocenters. The fourth-order valence-electron chi connectivity index (χ4n) is 2.55. The van der Waals surface area contributed by atoms with Crippen LogP contribution in [-0.2, 0) is 26.0 Å². The van der Waals surface area contributed by atoms with E-state index in [1.165, 1.54) is 20.8 Å². The standard InChI is InChI=1S/C17H21N3O6S/c1-10-15(12(3)26-19-10)27(24,25)20-11(2)16(21)18-14(17(22)23)9-13-7-5-4-6-8-13/h4-8,11,14,20H,9H2,1-3H3,(H,18,21)(H,22,23)/t11?,14-/m1/s1. The van der Waals surface area contributed by atoms with E-state index in [1.807, 2.05) is 0 Å². The summed E-state index contributed by atoms with van der Waals surface area (Å²) in [6, 6.07) is 6.42. The zero-order valence-corrected chi connectivity index (χ0v) is 15.9. The SMILES string of the molecule is Cc1noc(C)c1S(=O)(=O)NC(C)C(=O)N[C@H](Cc1ccccc1)C(=O)O. The maximum atomic E-state index is 12.5. The number of sulfonamides is 1. The van der Waals surface area contributed by atoms with Crippen LogP contribution in [-0.4, -0.2) is 42.6 Å². The minimum atomic E-state index is -4.05. The summed E-state index contributed by atoms with van der Waals surface area (Å²) in [5.41, 5.74) is 0.897. The molecule has 1 heterocycles. The number of benzene rings is 1. The topological polar surface area (TPSA) is 139 Å². The average molecular weight is 395 g/mol. The van der Waals surface area contributed by atoms with E-state index in [1.54, 1.807) is 30.3 Å². The fraction of sp³-hybridized carbons (Fsp3) is 0.353. The molecule has 9 nitrogen and oxygen atoms in total. The summed E-state index contributed by atoms with van der Waals surface area (Å²) in [5.74, 6) is -1.87. The Labute approximate surface area is 156 Å². The molecule has 0 aliphatic carbocycles. The number of aromatic nitrogens is 1. The summed E-state index contributed by atoms with van der Waals surface area (Å²) in [7, 11) is -4.05. The van der Waals surface area contributed by atoms with Gasteiger partial charge in [0.2, 0.25) is 15.9 Å². The molecule has 0 radical (unpaired) electrons. The molecule has 2 rings (SSSR count). The van der Waals surface area contributed by atoms with Crippen LogP contribution in [0.4, 0.5) is 0 Å². The van der Waals surface area contributed by atoms with Crippen molar-refractivity contribution in [2.24, 2.45) is 0 Å². The van der Waals surface area contributed by atoms with Gasteiger partial charge in [-0.2, -0.15) is 4.72 Å². The third-order valence-corrected chi connectivity index (χ3v) is 5.64. The molecule has 0 spiro atoms. The van der Waals surface area contributed by atoms with Gasteiger partial charge in [0.05, 0.1) is 6.04 Å². The molecular formula is C17H21N3O6S. The maximum Gasteiger partial charge on any atom is 0.326 e. The molecule has 1 amide bonds. The molecule has 1 unspecified atom stereocenters. The number of carboxylic acids is 1. The number of carbonyl (C=O) groups excluding carboxylic acids is 1. The molecule has 1 aromatic heterocycles. The normalized spacial score (nSPS) is 13.7. The van der Waals surface area contributed by atoms with Gasteiger partial charge in [-0.25, -0.2) is 13.2 Å². The lowest BCUT2D eigenvalue weighted by Crippen LogP contribution is -2.51. The van der Waals surface area contributed by atoms with E-state index in [2.05, 4.69) is 15.2 Å². The molecule has 0 saturated heterocycles. The fourth-order valence-corrected chi connectivity index (χ4v) is 4.08. The Balaban J connectivity index is 2.08. The number of nitrogens with one attached hydrogen (secondary N) is 2. The Morgan fingerprint density at radius 2 is 1.85 bits per heavy atom. The van der Waals surface area contributed by atoms with Gasteiger partial charge in [-0.1, -0.05) is 35.5 Å². The second-order valence-electron chi connectivity index (χ2n) is 6.09. The van der Waals surface area contributed by atoms with Crippen LogP contribution >= 0.6 is 0 Å². The number of hydrogen-bond acceptors (Lipinski definition) is 6. The van der Waals surface area contributed by atoms with Gasteiger partial charge < -0.3 is 14.9 Å². The molecule has 0 fully saturated rings. The highest BCUT2D eigenvalue weighted by Gasteiger charge is 2.30. The number of carboxylic acid groups (broad SMARTS) is 1. The summed E-state index contributed by atoms with van der Waals surface area (Å²) in [5, 5.41) is 15.3. The Kier molecular flexibility index (Phi) is 6.34. The molecule has 0 aliphatic heterocycles. The van der Waals surface area contributed by atoms with Gasteiger partial charge in [0.25, 0.3) is 0 Å². The number of aliphatic carboxylic acids is 1. The summed E-state index contributed by atoms with van der Waals surface area (Å²) < 4.78 is 32.0. The van der Waals surface area contributed by atoms with Crippen LogP contribution in [0.1, 0.15) is 23.9 Å². The number of rotatable bonds is 8. The van der Waals surface area contributed by atoms with Gasteiger partial charge in [0, 0.05) is 6.42 Å². The zero-order valence-electron chi connectivity index (χ0n) is 15.1. The summed E-state index contributed by atoms with van der Waals surface area (Å²) in [6.07, 6.45) is 0.0747. The van der Waals surface area contributed by atoms with Crippen molar-refractivity contribution in [2.45, 2.75) is 44.2 Å². The smallest absolute Gasteiger partial charge is 0.326 e. The lowest BCUT2D eigenvalue weighted by atomic mass is 10.1. The van der Waals surface area contributed by atoms with Gasteiger partial charge in [-0.05, 0) is 26.3 Å². The first-order valence-corrected chi connectivity index (χ1v) is 9.62. The zero-order chi connectivity index (χ0) is 20.2. The monoisotopic (exact) mass is 395 g/mol. The number of nitrogens with zero attached hydrogens (tertiary/aromatic N) is 1. The Bertz CT molecular complexity index is 904. The minimum Gasteiger partial charge on any atom is -0.480 e. The Hall–Kier alpha value is -2.72. The van der Waals surface area contributed by atoms with E-state index in [9.17, 15) is 23.1 Å². The average Bonchev–Trinajstić information content (AvgIpc) is 2.94. The van der Waals surface area contributed by atoms with Crippen LogP contribution in [0.2, 0.25) is 0 Å². The van der Waals surface area contributed by atoms with E-state index in [-0.39, 0.29) is 22.8 Å². The quantitative estimate of drug-likeness (QED) is 0.600. The lowest BCUT2D eigenvalue weighted by molar-refractivity contribution is -0.141. The first-order chi connectivity index (χ1) is 12.6. The second-order valence-corrected chi connectivity index (χ2v) is 7.74. The molecule has 2 aromatic rings. The van der Waals surface area contributed by atoms with Crippen molar-refractivity contribution in [2.75, 3.05) is 0 Å². The van der Waals surface area contributed by atoms with Gasteiger partial charge in [0.15, 0.2) is 5.76 Å². The van der Waals surface area contributed by atoms with Crippen LogP contribution < -0.4 is 10.0 Å². The lowest BCUT2D eigenvalue weighted by Gasteiger charge is -2.19. The van der Waals surface area contributed by atoms with Crippen molar-refractivity contribution >= 4 is 21.9 Å². The van der Waals surface area contributed by atoms with Crippen molar-refractivity contribution < 1.29 is 27.6 Å². The molecule has 3 N–H and O–H groups in total. The number of aryl methyl sites for hydroxylation is 2. The minimum absolute atomic E-state index is 0.0747. The third-order valence-electron chi connectivity index (χ3n) is 3.86. The van der Waals surface area contributed by atoms with Gasteiger partial charge in [0.1, 0.15) is 16.6 Å². The highest BCUT2D eigenvalue weighted by Crippen LogP contribution is 2.18. The molecule has 27 heavy (non-hydrogen) atoms. The molecular weight excluding hydrogens is 374 g/mol. The maximum absolute atomic E-state index is 12.5. The number of amides is 1. The number of hydrogen-bond donors (Lipinski definition) is 3. The van der Waals surface area contributed by atoms with E-state index in [0.29, 0.717) is 0 Å². The van der Waals surface area contributed by atoms with E-state index in [4.69, 9.17) is 4.52 Å². The molecule has 0 bridgehead atoms. The highest BCUT2D eigenvalue weighted by molar-refractivity contribution is 7.89. The van der Waals surface area contributed by atoms with Crippen molar-refractivity contribution in [3.05, 3.63) is 47.3 Å². The van der Waals surface area contributed by atoms with E-state index < -0.39 is 34.0 Å². The van der Waals surface area contributed by atoms with Crippen LogP contribution in [0.25, 0.3) is 0 Å². The largest absolute Gasteiger partial charge is 0.480 e. The van der Waals surface area contributed by atoms with Crippen LogP contribution in [0.3, 0.4) is 0 Å². The number of carbonyl (C=O) groups is 2. The predicted molar refractivity (Wildman–Crippen MR) is 95.5 cm³/mol. The van der Waals surface area contributed by atoms with Gasteiger partial charge in [-0.3, -0.25) is 4.79 Å². The third kappa shape index (κ3) is 5.14. The predicted octanol–water partition coefficient (Wildman–Crippen LogP) is 0.770. The first kappa shape index (κ1) is 20.6. The van der Waals surface area contributed by atoms with Crippen molar-refractivity contribution in [3.63, 3.8) is 0 Å². The molecule has 1 aromatic carbocycles. The summed E-state index contributed by atoms with van der Waals surface area (Å²) in [6.45, 7) is 4.24. The van der Waals surface area contributed by atoms with Crippen LogP contribution in [0.5, 0.6) is 0 Å². The molecule has 146 valence electrons. The van der Waals surface area contributed by atoms with Crippen LogP contribution in [0.15, 0.2) is 39.8 Å². The van der Waals surface area contributed by atoms with Crippen molar-refractivity contribution in [3.8, 4) is 0 Å². The highest BCUT2D eigenvalue weighted by atomic mass is 32.2. The first-order valence-electron chi connectivity index (χ1n) is 8.14. The molecule has 0 saturated carbocycles. The second kappa shape index (κ2) is 8.31. The molecule has 0 aliphatic rings. The van der Waals surface area contributed by atoms with Crippen LogP contribution in [0, 0.1) is 13.8 Å². The summed E-state index contributed by atoms with van der Waals surface area (Å²) >= 11 is 0. The van der Waals surface area contributed by atoms with E-state index in [0.717, 1.165) is 5.56 Å². The van der Waals surface area contributed by atoms with Gasteiger partial charge in [-0.15, -0.1) is 0 Å². The van der Waals surface area contributed by atoms with Crippen molar-refractivity contribution in [1.82, 2.24) is 15.2 Å².